The van der Waals surface area contributed by atoms with Gasteiger partial charge < -0.3 is 5.11 Å². The summed E-state index contributed by atoms with van der Waals surface area (Å²) in [6.07, 6.45) is 0.865. The standard InChI is InChI=1S/C14H15ClFNO/c1-9-5-6-14(7-9,8-17)13(18)12-10(15)3-2-4-11(12)16/h2-4,9,13,18H,5-7H2,1H3. The van der Waals surface area contributed by atoms with Crippen LogP contribution < -0.4 is 0 Å². The Morgan fingerprint density at radius 3 is 2.83 bits per heavy atom. The molecule has 1 fully saturated rings. The second kappa shape index (κ2) is 4.87. The predicted molar refractivity (Wildman–Crippen MR) is 67.4 cm³/mol. The van der Waals surface area contributed by atoms with Gasteiger partial charge in [0.15, 0.2) is 0 Å². The highest BCUT2D eigenvalue weighted by Crippen LogP contribution is 2.50. The summed E-state index contributed by atoms with van der Waals surface area (Å²) in [7, 11) is 0. The Morgan fingerprint density at radius 2 is 2.33 bits per heavy atom. The van der Waals surface area contributed by atoms with Gasteiger partial charge in [0.25, 0.3) is 0 Å². The number of aliphatic hydroxyl groups excluding tert-OH is 1. The highest BCUT2D eigenvalue weighted by molar-refractivity contribution is 6.31. The first kappa shape index (κ1) is 13.3. The molecule has 1 saturated carbocycles. The van der Waals surface area contributed by atoms with E-state index in [4.69, 9.17) is 11.6 Å². The monoisotopic (exact) mass is 267 g/mol. The maximum Gasteiger partial charge on any atom is 0.130 e. The Balaban J connectivity index is 2.42. The maximum absolute atomic E-state index is 13.8. The number of halogens is 2. The fourth-order valence-electron chi connectivity index (χ4n) is 2.79. The van der Waals surface area contributed by atoms with Gasteiger partial charge in [-0.15, -0.1) is 0 Å². The van der Waals surface area contributed by atoms with Crippen LogP contribution in [0.4, 0.5) is 4.39 Å². The zero-order valence-corrected chi connectivity index (χ0v) is 10.9. The van der Waals surface area contributed by atoms with E-state index in [0.717, 1.165) is 6.42 Å². The van der Waals surface area contributed by atoms with Gasteiger partial charge in [-0.2, -0.15) is 5.26 Å². The number of benzene rings is 1. The smallest absolute Gasteiger partial charge is 0.130 e. The highest BCUT2D eigenvalue weighted by Gasteiger charge is 2.45. The molecule has 1 aromatic rings. The lowest BCUT2D eigenvalue weighted by Crippen LogP contribution is -2.25. The van der Waals surface area contributed by atoms with Crippen LogP contribution in [0.2, 0.25) is 5.02 Å². The molecule has 96 valence electrons. The van der Waals surface area contributed by atoms with Crippen LogP contribution in [0, 0.1) is 28.5 Å². The largest absolute Gasteiger partial charge is 0.387 e. The zero-order chi connectivity index (χ0) is 13.3. The molecule has 3 atom stereocenters. The molecule has 0 aromatic heterocycles. The third-order valence-corrected chi connectivity index (χ3v) is 4.14. The number of hydrogen-bond acceptors (Lipinski definition) is 2. The van der Waals surface area contributed by atoms with Crippen molar-refractivity contribution in [2.75, 3.05) is 0 Å². The van der Waals surface area contributed by atoms with E-state index in [0.29, 0.717) is 18.8 Å². The predicted octanol–water partition coefficient (Wildman–Crippen LogP) is 3.84. The number of rotatable bonds is 2. The van der Waals surface area contributed by atoms with E-state index >= 15 is 0 Å². The van der Waals surface area contributed by atoms with Crippen LogP contribution >= 0.6 is 11.6 Å². The molecule has 1 N–H and O–H groups in total. The van der Waals surface area contributed by atoms with Gasteiger partial charge in [0, 0.05) is 10.6 Å². The Morgan fingerprint density at radius 1 is 1.61 bits per heavy atom. The molecule has 4 heteroatoms. The van der Waals surface area contributed by atoms with Crippen LogP contribution in [0.15, 0.2) is 18.2 Å². The van der Waals surface area contributed by atoms with Crippen LogP contribution in [-0.4, -0.2) is 5.11 Å². The summed E-state index contributed by atoms with van der Waals surface area (Å²) in [6, 6.07) is 6.47. The first-order valence-electron chi connectivity index (χ1n) is 6.03. The van der Waals surface area contributed by atoms with Crippen molar-refractivity contribution in [1.29, 1.82) is 5.26 Å². The van der Waals surface area contributed by atoms with Crippen LogP contribution in [0.1, 0.15) is 37.9 Å². The number of hydrogen-bond donors (Lipinski definition) is 1. The third kappa shape index (κ3) is 2.11. The summed E-state index contributed by atoms with van der Waals surface area (Å²) in [6.45, 7) is 2.04. The lowest BCUT2D eigenvalue weighted by atomic mass is 9.78. The first-order valence-corrected chi connectivity index (χ1v) is 6.41. The van der Waals surface area contributed by atoms with Gasteiger partial charge in [-0.1, -0.05) is 24.6 Å². The molecule has 3 unspecified atom stereocenters. The molecule has 1 aromatic carbocycles. The van der Waals surface area contributed by atoms with Crippen LogP contribution in [0.25, 0.3) is 0 Å². The molecule has 1 aliphatic carbocycles. The SMILES string of the molecule is CC1CCC(C#N)(C(O)c2c(F)cccc2Cl)C1. The van der Waals surface area contributed by atoms with Crippen molar-refractivity contribution >= 4 is 11.6 Å². The number of aliphatic hydroxyl groups is 1. The van der Waals surface area contributed by atoms with E-state index in [1.165, 1.54) is 18.2 Å². The van der Waals surface area contributed by atoms with Crippen molar-refractivity contribution in [2.24, 2.45) is 11.3 Å². The molecular weight excluding hydrogens is 253 g/mol. The Kier molecular flexibility index (Phi) is 3.61. The molecule has 0 aliphatic heterocycles. The van der Waals surface area contributed by atoms with Crippen molar-refractivity contribution < 1.29 is 9.50 Å². The lowest BCUT2D eigenvalue weighted by molar-refractivity contribution is 0.0616. The molecule has 0 radical (unpaired) electrons. The minimum absolute atomic E-state index is 0.0508. The Hall–Kier alpha value is -1.11. The van der Waals surface area contributed by atoms with Gasteiger partial charge in [-0.25, -0.2) is 4.39 Å². The summed E-state index contributed by atoms with van der Waals surface area (Å²) >= 11 is 5.95. The fourth-order valence-corrected chi connectivity index (χ4v) is 3.06. The third-order valence-electron chi connectivity index (χ3n) is 3.82. The minimum Gasteiger partial charge on any atom is -0.387 e. The number of nitriles is 1. The second-order valence-electron chi connectivity index (χ2n) is 5.15. The molecule has 1 aliphatic rings. The van der Waals surface area contributed by atoms with Crippen LogP contribution in [0.3, 0.4) is 0 Å². The minimum atomic E-state index is -1.17. The maximum atomic E-state index is 13.8. The van der Waals surface area contributed by atoms with Crippen molar-refractivity contribution in [3.05, 3.63) is 34.6 Å². The van der Waals surface area contributed by atoms with Gasteiger partial charge in [0.1, 0.15) is 11.9 Å². The first-order chi connectivity index (χ1) is 8.50. The molecule has 2 rings (SSSR count). The summed E-state index contributed by atoms with van der Waals surface area (Å²) < 4.78 is 13.8. The van der Waals surface area contributed by atoms with Gasteiger partial charge in [0.05, 0.1) is 11.5 Å². The molecule has 0 heterocycles. The van der Waals surface area contributed by atoms with Crippen LogP contribution in [-0.2, 0) is 0 Å². The number of nitrogens with zero attached hydrogens (tertiary/aromatic N) is 1. The van der Waals surface area contributed by atoms with Crippen molar-refractivity contribution in [3.8, 4) is 6.07 Å². The zero-order valence-electron chi connectivity index (χ0n) is 10.2. The normalized spacial score (nSPS) is 28.9. The van der Waals surface area contributed by atoms with Gasteiger partial charge >= 0.3 is 0 Å². The molecular formula is C14H15ClFNO. The average Bonchev–Trinajstić information content (AvgIpc) is 2.72. The molecule has 0 bridgehead atoms. The average molecular weight is 268 g/mol. The van der Waals surface area contributed by atoms with Crippen molar-refractivity contribution in [2.45, 2.75) is 32.3 Å². The van der Waals surface area contributed by atoms with Crippen LogP contribution in [0.5, 0.6) is 0 Å². The molecule has 0 saturated heterocycles. The Bertz CT molecular complexity index is 479. The van der Waals surface area contributed by atoms with E-state index < -0.39 is 17.3 Å². The summed E-state index contributed by atoms with van der Waals surface area (Å²) in [5, 5.41) is 20.0. The van der Waals surface area contributed by atoms with Crippen molar-refractivity contribution in [1.82, 2.24) is 0 Å². The summed E-state index contributed by atoms with van der Waals surface area (Å²) in [5.74, 6) is -0.186. The summed E-state index contributed by atoms with van der Waals surface area (Å²) in [4.78, 5) is 0. The van der Waals surface area contributed by atoms with Gasteiger partial charge in [-0.05, 0) is 37.3 Å². The fraction of sp³-hybridized carbons (Fsp3) is 0.500. The van der Waals surface area contributed by atoms with E-state index in [1.807, 2.05) is 6.92 Å². The Labute approximate surface area is 111 Å². The quantitative estimate of drug-likeness (QED) is 0.885. The molecule has 18 heavy (non-hydrogen) atoms. The van der Waals surface area contributed by atoms with Gasteiger partial charge in [-0.3, -0.25) is 0 Å². The van der Waals surface area contributed by atoms with Gasteiger partial charge in [0.2, 0.25) is 0 Å². The van der Waals surface area contributed by atoms with E-state index in [-0.39, 0.29) is 10.6 Å². The second-order valence-corrected chi connectivity index (χ2v) is 5.56. The molecule has 0 spiro atoms. The topological polar surface area (TPSA) is 44.0 Å². The van der Waals surface area contributed by atoms with E-state index in [1.54, 1.807) is 0 Å². The molecule has 2 nitrogen and oxygen atoms in total. The summed E-state index contributed by atoms with van der Waals surface area (Å²) in [5.41, 5.74) is -0.861. The van der Waals surface area contributed by atoms with E-state index in [2.05, 4.69) is 6.07 Å². The lowest BCUT2D eigenvalue weighted by Gasteiger charge is -2.28. The van der Waals surface area contributed by atoms with E-state index in [9.17, 15) is 14.8 Å². The molecule has 0 amide bonds. The highest BCUT2D eigenvalue weighted by atomic mass is 35.5. The van der Waals surface area contributed by atoms with Crippen molar-refractivity contribution in [3.63, 3.8) is 0 Å².